The molecule has 1 aliphatic carbocycles. The molecule has 2 N–H and O–H groups in total. The average Bonchev–Trinajstić information content (AvgIpc) is 2.93. The summed E-state index contributed by atoms with van der Waals surface area (Å²) in [6, 6.07) is 9.52. The lowest BCUT2D eigenvalue weighted by Gasteiger charge is -2.24. The van der Waals surface area contributed by atoms with Crippen molar-refractivity contribution >= 4 is 11.7 Å². The summed E-state index contributed by atoms with van der Waals surface area (Å²) in [6.07, 6.45) is 6.87. The van der Waals surface area contributed by atoms with Crippen LogP contribution in [-0.2, 0) is 4.74 Å². The van der Waals surface area contributed by atoms with Crippen LogP contribution in [-0.4, -0.2) is 32.3 Å². The van der Waals surface area contributed by atoms with E-state index in [0.29, 0.717) is 12.6 Å². The van der Waals surface area contributed by atoms with Crippen LogP contribution in [0, 0.1) is 0 Å². The molecular formula is C17H25N3O. The number of anilines is 1. The number of ether oxygens (including phenoxy) is 1. The smallest absolute Gasteiger partial charge is 0.282 e. The van der Waals surface area contributed by atoms with Crippen molar-refractivity contribution in [3.63, 3.8) is 0 Å². The third-order valence-electron chi connectivity index (χ3n) is 4.63. The van der Waals surface area contributed by atoms with E-state index in [1.807, 2.05) is 0 Å². The van der Waals surface area contributed by atoms with E-state index < -0.39 is 0 Å². The van der Waals surface area contributed by atoms with E-state index in [4.69, 9.17) is 10.5 Å². The highest BCUT2D eigenvalue weighted by atomic mass is 16.5. The molecule has 0 unspecified atom stereocenters. The van der Waals surface area contributed by atoms with E-state index >= 15 is 0 Å². The van der Waals surface area contributed by atoms with Crippen molar-refractivity contribution in [2.45, 2.75) is 44.1 Å². The maximum absolute atomic E-state index is 5.55. The molecule has 1 aromatic carbocycles. The van der Waals surface area contributed by atoms with Crippen LogP contribution in [0.2, 0.25) is 0 Å². The normalized spacial score (nSPS) is 22.7. The summed E-state index contributed by atoms with van der Waals surface area (Å²) in [5.41, 5.74) is 8.28. The molecule has 1 heterocycles. The highest BCUT2D eigenvalue weighted by Crippen LogP contribution is 2.33. The van der Waals surface area contributed by atoms with Gasteiger partial charge in [-0.2, -0.15) is 0 Å². The van der Waals surface area contributed by atoms with Gasteiger partial charge in [0.05, 0.1) is 0 Å². The number of amidine groups is 1. The van der Waals surface area contributed by atoms with Gasteiger partial charge in [0.2, 0.25) is 0 Å². The zero-order valence-electron chi connectivity index (χ0n) is 12.8. The fourth-order valence-corrected chi connectivity index (χ4v) is 3.39. The minimum atomic E-state index is 0.146. The molecule has 4 heteroatoms. The number of nitrogens with two attached hydrogens (primary N) is 1. The van der Waals surface area contributed by atoms with Crippen LogP contribution in [0.4, 0.5) is 5.69 Å². The van der Waals surface area contributed by atoms with Crippen LogP contribution >= 0.6 is 0 Å². The molecule has 2 aliphatic rings. The SMILES string of the molecule is CN(C[C@H]1COC(N)=N1)c1ccc(C2CCCCC2)cc1. The van der Waals surface area contributed by atoms with Crippen LogP contribution < -0.4 is 10.6 Å². The Morgan fingerprint density at radius 3 is 2.52 bits per heavy atom. The van der Waals surface area contributed by atoms with E-state index in [-0.39, 0.29) is 6.04 Å². The van der Waals surface area contributed by atoms with Gasteiger partial charge < -0.3 is 15.4 Å². The average molecular weight is 287 g/mol. The van der Waals surface area contributed by atoms with Crippen LogP contribution in [0.25, 0.3) is 0 Å². The Labute approximate surface area is 127 Å². The van der Waals surface area contributed by atoms with Crippen LogP contribution in [0.1, 0.15) is 43.6 Å². The summed E-state index contributed by atoms with van der Waals surface area (Å²) in [4.78, 5) is 6.50. The number of aliphatic imine (C=N–C) groups is 1. The van der Waals surface area contributed by atoms with E-state index in [1.54, 1.807) is 0 Å². The van der Waals surface area contributed by atoms with Gasteiger partial charge in [-0.25, -0.2) is 4.99 Å². The number of benzene rings is 1. The lowest BCUT2D eigenvalue weighted by molar-refractivity contribution is 0.314. The van der Waals surface area contributed by atoms with Gasteiger partial charge in [0.25, 0.3) is 6.02 Å². The monoisotopic (exact) mass is 287 g/mol. The number of likely N-dealkylation sites (N-methyl/N-ethyl adjacent to an activating group) is 1. The fraction of sp³-hybridized carbons (Fsp3) is 0.588. The summed E-state index contributed by atoms with van der Waals surface area (Å²) in [7, 11) is 2.10. The Morgan fingerprint density at radius 2 is 1.90 bits per heavy atom. The maximum Gasteiger partial charge on any atom is 0.282 e. The molecule has 0 aromatic heterocycles. The second kappa shape index (κ2) is 6.37. The van der Waals surface area contributed by atoms with Crippen molar-refractivity contribution in [3.05, 3.63) is 29.8 Å². The lowest BCUT2D eigenvalue weighted by Crippen LogP contribution is -2.28. The van der Waals surface area contributed by atoms with Gasteiger partial charge in [0.15, 0.2) is 0 Å². The van der Waals surface area contributed by atoms with Crippen molar-refractivity contribution in [3.8, 4) is 0 Å². The topological polar surface area (TPSA) is 50.9 Å². The number of nitrogens with zero attached hydrogens (tertiary/aromatic N) is 2. The third kappa shape index (κ3) is 3.49. The minimum Gasteiger partial charge on any atom is -0.463 e. The second-order valence-corrected chi connectivity index (χ2v) is 6.24. The molecule has 0 radical (unpaired) electrons. The summed E-state index contributed by atoms with van der Waals surface area (Å²) in [5.74, 6) is 0.769. The first kappa shape index (κ1) is 14.2. The van der Waals surface area contributed by atoms with Gasteiger partial charge in [-0.15, -0.1) is 0 Å². The molecule has 0 bridgehead atoms. The van der Waals surface area contributed by atoms with Crippen molar-refractivity contribution in [1.29, 1.82) is 0 Å². The van der Waals surface area contributed by atoms with Gasteiger partial charge in [-0.3, -0.25) is 0 Å². The maximum atomic E-state index is 5.55. The molecule has 1 saturated carbocycles. The molecule has 1 atom stereocenters. The molecule has 0 saturated heterocycles. The summed E-state index contributed by atoms with van der Waals surface area (Å²) >= 11 is 0. The predicted molar refractivity (Wildman–Crippen MR) is 86.9 cm³/mol. The first-order chi connectivity index (χ1) is 10.2. The Kier molecular flexibility index (Phi) is 4.32. The third-order valence-corrected chi connectivity index (χ3v) is 4.63. The quantitative estimate of drug-likeness (QED) is 0.926. The Morgan fingerprint density at radius 1 is 1.19 bits per heavy atom. The minimum absolute atomic E-state index is 0.146. The van der Waals surface area contributed by atoms with Crippen LogP contribution in [0.5, 0.6) is 0 Å². The molecule has 1 aliphatic heterocycles. The lowest BCUT2D eigenvalue weighted by atomic mass is 9.84. The summed E-state index contributed by atoms with van der Waals surface area (Å²) in [6.45, 7) is 1.43. The summed E-state index contributed by atoms with van der Waals surface area (Å²) in [5, 5.41) is 0. The largest absolute Gasteiger partial charge is 0.463 e. The fourth-order valence-electron chi connectivity index (χ4n) is 3.39. The van der Waals surface area contributed by atoms with E-state index in [2.05, 4.69) is 41.2 Å². The molecule has 0 spiro atoms. The predicted octanol–water partition coefficient (Wildman–Crippen LogP) is 2.88. The number of hydrogen-bond donors (Lipinski definition) is 1. The first-order valence-electron chi connectivity index (χ1n) is 7.99. The molecule has 3 rings (SSSR count). The Balaban J connectivity index is 1.60. The molecule has 1 aromatic rings. The van der Waals surface area contributed by atoms with E-state index in [0.717, 1.165) is 12.5 Å². The van der Waals surface area contributed by atoms with Gasteiger partial charge in [-0.05, 0) is 36.5 Å². The van der Waals surface area contributed by atoms with Gasteiger partial charge in [0.1, 0.15) is 12.6 Å². The van der Waals surface area contributed by atoms with Gasteiger partial charge in [0, 0.05) is 19.3 Å². The number of rotatable bonds is 4. The standard InChI is InChI=1S/C17H25N3O/c1-20(11-15-12-21-17(18)19-15)16-9-7-14(8-10-16)13-5-3-2-4-6-13/h7-10,13,15H,2-6,11-12H2,1H3,(H2,18,19)/t15-/m0/s1. The van der Waals surface area contributed by atoms with E-state index in [9.17, 15) is 0 Å². The highest BCUT2D eigenvalue weighted by Gasteiger charge is 2.19. The molecular weight excluding hydrogens is 262 g/mol. The molecule has 4 nitrogen and oxygen atoms in total. The van der Waals surface area contributed by atoms with Crippen LogP contribution in [0.15, 0.2) is 29.3 Å². The summed E-state index contributed by atoms with van der Waals surface area (Å²) < 4.78 is 5.20. The molecule has 21 heavy (non-hydrogen) atoms. The first-order valence-corrected chi connectivity index (χ1v) is 7.99. The zero-order chi connectivity index (χ0) is 14.7. The van der Waals surface area contributed by atoms with Crippen LogP contribution in [0.3, 0.4) is 0 Å². The number of hydrogen-bond acceptors (Lipinski definition) is 4. The van der Waals surface area contributed by atoms with Crippen molar-refractivity contribution in [1.82, 2.24) is 0 Å². The Bertz CT molecular complexity index is 491. The molecule has 114 valence electrons. The van der Waals surface area contributed by atoms with Crippen molar-refractivity contribution in [2.75, 3.05) is 25.1 Å². The zero-order valence-corrected chi connectivity index (χ0v) is 12.8. The van der Waals surface area contributed by atoms with Crippen molar-refractivity contribution < 1.29 is 4.74 Å². The second-order valence-electron chi connectivity index (χ2n) is 6.24. The Hall–Kier alpha value is -1.71. The molecule has 0 amide bonds. The van der Waals surface area contributed by atoms with Gasteiger partial charge in [-0.1, -0.05) is 31.4 Å². The van der Waals surface area contributed by atoms with E-state index in [1.165, 1.54) is 43.4 Å². The molecule has 1 fully saturated rings. The highest BCUT2D eigenvalue weighted by molar-refractivity contribution is 5.73. The van der Waals surface area contributed by atoms with Gasteiger partial charge >= 0.3 is 0 Å². The van der Waals surface area contributed by atoms with Crippen molar-refractivity contribution in [2.24, 2.45) is 10.7 Å².